The van der Waals surface area contributed by atoms with Crippen LogP contribution < -0.4 is 10.6 Å². The second-order valence-corrected chi connectivity index (χ2v) is 7.15. The Kier molecular flexibility index (Phi) is 9.53. The molecule has 1 aliphatic heterocycles. The molecule has 1 unspecified atom stereocenters. The topological polar surface area (TPSA) is 88.3 Å². The fraction of sp³-hybridized carbons (Fsp3) is 0.737. The molecule has 0 saturated carbocycles. The lowest BCUT2D eigenvalue weighted by molar-refractivity contribution is -0.0855. The average molecular weight is 495 g/mol. The largest absolute Gasteiger partial charge is 0.466 e. The van der Waals surface area contributed by atoms with E-state index in [9.17, 15) is 5.11 Å². The van der Waals surface area contributed by atoms with E-state index in [1.807, 2.05) is 26.8 Å². The van der Waals surface area contributed by atoms with Gasteiger partial charge in [-0.25, -0.2) is 4.99 Å². The molecule has 0 amide bonds. The third-order valence-corrected chi connectivity index (χ3v) is 4.93. The molecule has 1 atom stereocenters. The number of rotatable bonds is 7. The van der Waals surface area contributed by atoms with Crippen LogP contribution in [0, 0.1) is 13.8 Å². The molecule has 1 aromatic heterocycles. The summed E-state index contributed by atoms with van der Waals surface area (Å²) in [5.74, 6) is 2.17. The number of hydrogen-bond acceptors (Lipinski definition) is 5. The van der Waals surface area contributed by atoms with Crippen molar-refractivity contribution in [2.45, 2.75) is 51.7 Å². The van der Waals surface area contributed by atoms with Crippen molar-refractivity contribution in [2.75, 3.05) is 40.0 Å². The van der Waals surface area contributed by atoms with Crippen molar-refractivity contribution in [3.63, 3.8) is 0 Å². The monoisotopic (exact) mass is 495 g/mol. The molecular formula is C19H34IN3O4. The van der Waals surface area contributed by atoms with Gasteiger partial charge in [-0.3, -0.25) is 0 Å². The molecule has 0 spiro atoms. The van der Waals surface area contributed by atoms with Gasteiger partial charge in [0.25, 0.3) is 0 Å². The van der Waals surface area contributed by atoms with Crippen molar-refractivity contribution in [1.82, 2.24) is 10.6 Å². The third-order valence-electron chi connectivity index (χ3n) is 4.93. The van der Waals surface area contributed by atoms with Crippen LogP contribution in [0.25, 0.3) is 0 Å². The predicted octanol–water partition coefficient (Wildman–Crippen LogP) is 2.47. The highest BCUT2D eigenvalue weighted by Gasteiger charge is 2.33. The molecule has 1 saturated heterocycles. The standard InChI is InChI=1S/C19H33N3O4.HI/c1-6-20-17(22-13-19(24-5)7-9-25-10-8-19)21-12-18(4,23)16-11-14(2)26-15(16)3;/h11,23H,6-10,12-13H2,1-5H3,(H2,20,21,22);1H. The predicted molar refractivity (Wildman–Crippen MR) is 117 cm³/mol. The van der Waals surface area contributed by atoms with Crippen molar-refractivity contribution >= 4 is 29.9 Å². The number of methoxy groups -OCH3 is 1. The van der Waals surface area contributed by atoms with Crippen molar-refractivity contribution in [3.05, 3.63) is 23.2 Å². The van der Waals surface area contributed by atoms with E-state index in [0.29, 0.717) is 25.7 Å². The molecule has 8 heteroatoms. The number of guanidine groups is 1. The van der Waals surface area contributed by atoms with Gasteiger partial charge >= 0.3 is 0 Å². The number of hydrogen-bond donors (Lipinski definition) is 3. The first-order chi connectivity index (χ1) is 12.3. The van der Waals surface area contributed by atoms with Gasteiger partial charge in [-0.2, -0.15) is 0 Å². The van der Waals surface area contributed by atoms with E-state index in [1.165, 1.54) is 0 Å². The molecule has 27 heavy (non-hydrogen) atoms. The minimum atomic E-state index is -1.10. The molecular weight excluding hydrogens is 461 g/mol. The first-order valence-corrected chi connectivity index (χ1v) is 9.27. The maximum atomic E-state index is 10.8. The number of nitrogens with one attached hydrogen (secondary N) is 2. The molecule has 0 bridgehead atoms. The van der Waals surface area contributed by atoms with E-state index in [0.717, 1.165) is 36.5 Å². The summed E-state index contributed by atoms with van der Waals surface area (Å²) in [6.45, 7) is 10.5. The van der Waals surface area contributed by atoms with Crippen LogP contribution in [-0.2, 0) is 15.1 Å². The number of aliphatic hydroxyl groups is 1. The van der Waals surface area contributed by atoms with Crippen molar-refractivity contribution < 1.29 is 19.0 Å². The van der Waals surface area contributed by atoms with Crippen LogP contribution in [0.2, 0.25) is 0 Å². The number of halogens is 1. The summed E-state index contributed by atoms with van der Waals surface area (Å²) >= 11 is 0. The van der Waals surface area contributed by atoms with Gasteiger partial charge in [-0.1, -0.05) is 0 Å². The summed E-state index contributed by atoms with van der Waals surface area (Å²) in [5.41, 5.74) is -0.566. The van der Waals surface area contributed by atoms with Crippen LogP contribution in [0.3, 0.4) is 0 Å². The molecule has 7 nitrogen and oxygen atoms in total. The van der Waals surface area contributed by atoms with Gasteiger partial charge in [0.15, 0.2) is 5.96 Å². The number of aryl methyl sites for hydroxylation is 2. The molecule has 0 radical (unpaired) electrons. The molecule has 3 N–H and O–H groups in total. The number of aliphatic imine (C=N–C) groups is 1. The zero-order valence-corrected chi connectivity index (χ0v) is 19.4. The summed E-state index contributed by atoms with van der Waals surface area (Å²) in [5, 5.41) is 17.4. The van der Waals surface area contributed by atoms with Gasteiger partial charge in [-0.15, -0.1) is 24.0 Å². The zero-order valence-electron chi connectivity index (χ0n) is 17.1. The summed E-state index contributed by atoms with van der Waals surface area (Å²) < 4.78 is 16.7. The molecule has 0 aromatic carbocycles. The van der Waals surface area contributed by atoms with Gasteiger partial charge in [0, 0.05) is 51.8 Å². The van der Waals surface area contributed by atoms with Crippen LogP contribution in [-0.4, -0.2) is 56.6 Å². The number of furan rings is 1. The van der Waals surface area contributed by atoms with E-state index in [2.05, 4.69) is 15.6 Å². The lowest BCUT2D eigenvalue weighted by atomic mass is 9.94. The van der Waals surface area contributed by atoms with Crippen molar-refractivity contribution in [1.29, 1.82) is 0 Å². The lowest BCUT2D eigenvalue weighted by Crippen LogP contribution is -2.51. The minimum absolute atomic E-state index is 0. The summed E-state index contributed by atoms with van der Waals surface area (Å²) in [4.78, 5) is 4.58. The van der Waals surface area contributed by atoms with Crippen LogP contribution in [0.15, 0.2) is 15.5 Å². The Bertz CT molecular complexity index is 610. The minimum Gasteiger partial charge on any atom is -0.466 e. The van der Waals surface area contributed by atoms with Gasteiger partial charge < -0.3 is 29.6 Å². The Morgan fingerprint density at radius 3 is 2.52 bits per heavy atom. The van der Waals surface area contributed by atoms with E-state index >= 15 is 0 Å². The maximum absolute atomic E-state index is 10.8. The van der Waals surface area contributed by atoms with Crippen molar-refractivity contribution in [3.8, 4) is 0 Å². The van der Waals surface area contributed by atoms with E-state index in [1.54, 1.807) is 14.0 Å². The molecule has 1 aliphatic rings. The highest BCUT2D eigenvalue weighted by atomic mass is 127. The van der Waals surface area contributed by atoms with Gasteiger partial charge in [-0.05, 0) is 33.8 Å². The first-order valence-electron chi connectivity index (χ1n) is 9.27. The van der Waals surface area contributed by atoms with Crippen LogP contribution in [0.1, 0.15) is 43.8 Å². The van der Waals surface area contributed by atoms with E-state index in [4.69, 9.17) is 13.9 Å². The molecule has 156 valence electrons. The van der Waals surface area contributed by atoms with Gasteiger partial charge in [0.1, 0.15) is 17.1 Å². The second kappa shape index (κ2) is 10.6. The SMILES string of the molecule is CCNC(=NCC(C)(O)c1cc(C)oc1C)NCC1(OC)CCOCC1.I. The first kappa shape index (κ1) is 24.2. The second-order valence-electron chi connectivity index (χ2n) is 7.15. The Morgan fingerprint density at radius 1 is 1.33 bits per heavy atom. The zero-order chi connectivity index (χ0) is 19.2. The molecule has 0 aliphatic carbocycles. The lowest BCUT2D eigenvalue weighted by Gasteiger charge is -2.36. The van der Waals surface area contributed by atoms with Gasteiger partial charge in [0.05, 0.1) is 12.1 Å². The normalized spacial score (nSPS) is 19.1. The maximum Gasteiger partial charge on any atom is 0.191 e. The molecule has 2 heterocycles. The Morgan fingerprint density at radius 2 is 2.00 bits per heavy atom. The number of nitrogens with zero attached hydrogens (tertiary/aromatic N) is 1. The fourth-order valence-electron chi connectivity index (χ4n) is 3.27. The fourth-order valence-corrected chi connectivity index (χ4v) is 3.27. The molecule has 1 aromatic rings. The van der Waals surface area contributed by atoms with Crippen molar-refractivity contribution in [2.24, 2.45) is 4.99 Å². The summed E-state index contributed by atoms with van der Waals surface area (Å²) in [6.07, 6.45) is 1.70. The Labute approximate surface area is 179 Å². The number of ether oxygens (including phenoxy) is 2. The molecule has 1 fully saturated rings. The highest BCUT2D eigenvalue weighted by molar-refractivity contribution is 14.0. The Hall–Kier alpha value is -0.840. The Balaban J connectivity index is 0.00000364. The van der Waals surface area contributed by atoms with E-state index in [-0.39, 0.29) is 36.1 Å². The third kappa shape index (κ3) is 6.62. The van der Waals surface area contributed by atoms with Crippen LogP contribution in [0.4, 0.5) is 0 Å². The van der Waals surface area contributed by atoms with Crippen LogP contribution in [0.5, 0.6) is 0 Å². The van der Waals surface area contributed by atoms with Gasteiger partial charge in [0.2, 0.25) is 0 Å². The summed E-state index contributed by atoms with van der Waals surface area (Å²) in [6, 6.07) is 1.87. The summed E-state index contributed by atoms with van der Waals surface area (Å²) in [7, 11) is 1.74. The van der Waals surface area contributed by atoms with E-state index < -0.39 is 5.60 Å². The van der Waals surface area contributed by atoms with Crippen LogP contribution >= 0.6 is 24.0 Å². The highest BCUT2D eigenvalue weighted by Crippen LogP contribution is 2.27. The quantitative estimate of drug-likeness (QED) is 0.306. The smallest absolute Gasteiger partial charge is 0.191 e. The average Bonchev–Trinajstić information content (AvgIpc) is 2.97. The molecule has 2 rings (SSSR count).